The lowest BCUT2D eigenvalue weighted by molar-refractivity contribution is -0.135. The fourth-order valence-electron chi connectivity index (χ4n) is 3.95. The molecule has 0 aromatic carbocycles. The van der Waals surface area contributed by atoms with Crippen LogP contribution in [0.4, 0.5) is 0 Å². The molecule has 1 unspecified atom stereocenters. The maximum Gasteiger partial charge on any atom is 0.239 e. The quantitative estimate of drug-likeness (QED) is 0.347. The molecule has 1 atom stereocenters. The number of halogens is 1. The maximum absolute atomic E-state index is 12.7. The number of aryl methyl sites for hydroxylation is 1. The molecule has 0 bridgehead atoms. The van der Waals surface area contributed by atoms with Gasteiger partial charge in [-0.2, -0.15) is 0 Å². The van der Waals surface area contributed by atoms with Crippen LogP contribution in [0.5, 0.6) is 0 Å². The SMILES string of the molecule is CCNC(=NCc1ccc(CC)s1)N1CCN(C(C)C(=O)N2CCCC2)CC1.I. The molecule has 3 rings (SSSR count). The largest absolute Gasteiger partial charge is 0.357 e. The van der Waals surface area contributed by atoms with E-state index in [9.17, 15) is 4.79 Å². The van der Waals surface area contributed by atoms with Gasteiger partial charge in [0.1, 0.15) is 0 Å². The molecule has 1 amide bonds. The first-order valence-corrected chi connectivity index (χ1v) is 11.6. The van der Waals surface area contributed by atoms with Crippen molar-refractivity contribution in [3.8, 4) is 0 Å². The molecule has 2 aliphatic rings. The number of carbonyl (C=O) groups is 1. The number of aliphatic imine (C=N–C) groups is 1. The summed E-state index contributed by atoms with van der Waals surface area (Å²) < 4.78 is 0. The number of likely N-dealkylation sites (tertiary alicyclic amines) is 1. The van der Waals surface area contributed by atoms with E-state index in [1.807, 2.05) is 16.2 Å². The number of thiophene rings is 1. The smallest absolute Gasteiger partial charge is 0.239 e. The van der Waals surface area contributed by atoms with Gasteiger partial charge in [-0.3, -0.25) is 9.69 Å². The molecule has 164 valence electrons. The van der Waals surface area contributed by atoms with Crippen LogP contribution in [0.1, 0.15) is 43.4 Å². The summed E-state index contributed by atoms with van der Waals surface area (Å²) in [6, 6.07) is 4.39. The third-order valence-electron chi connectivity index (χ3n) is 5.72. The molecule has 2 fully saturated rings. The van der Waals surface area contributed by atoms with E-state index in [0.29, 0.717) is 5.91 Å². The minimum atomic E-state index is -0.0154. The average molecular weight is 534 g/mol. The normalized spacial score (nSPS) is 19.2. The second-order valence-corrected chi connectivity index (χ2v) is 8.88. The van der Waals surface area contributed by atoms with Gasteiger partial charge in [0.25, 0.3) is 0 Å². The van der Waals surface area contributed by atoms with Gasteiger partial charge >= 0.3 is 0 Å². The van der Waals surface area contributed by atoms with Crippen LogP contribution in [0.25, 0.3) is 0 Å². The fourth-order valence-corrected chi connectivity index (χ4v) is 4.84. The lowest BCUT2D eigenvalue weighted by Gasteiger charge is -2.39. The summed E-state index contributed by atoms with van der Waals surface area (Å²) in [6.07, 6.45) is 3.39. The predicted octanol–water partition coefficient (Wildman–Crippen LogP) is 3.02. The van der Waals surface area contributed by atoms with Crippen LogP contribution in [0.2, 0.25) is 0 Å². The fraction of sp³-hybridized carbons (Fsp3) is 0.714. The molecule has 2 aliphatic heterocycles. The maximum atomic E-state index is 12.7. The average Bonchev–Trinajstić information content (AvgIpc) is 3.42. The molecule has 1 aromatic heterocycles. The van der Waals surface area contributed by atoms with Gasteiger partial charge in [-0.1, -0.05) is 6.92 Å². The Bertz CT molecular complexity index is 666. The Kier molecular flexibility index (Phi) is 10.2. The van der Waals surface area contributed by atoms with Crippen LogP contribution < -0.4 is 5.32 Å². The van der Waals surface area contributed by atoms with Crippen LogP contribution in [-0.4, -0.2) is 78.4 Å². The number of nitrogens with zero attached hydrogens (tertiary/aromatic N) is 4. The summed E-state index contributed by atoms with van der Waals surface area (Å²) in [4.78, 5) is 27.0. The second-order valence-electron chi connectivity index (χ2n) is 7.62. The zero-order valence-electron chi connectivity index (χ0n) is 18.0. The van der Waals surface area contributed by atoms with Gasteiger partial charge in [0, 0.05) is 55.6 Å². The lowest BCUT2D eigenvalue weighted by atomic mass is 10.2. The Labute approximate surface area is 196 Å². The Hall–Kier alpha value is -0.870. The second kappa shape index (κ2) is 12.1. The van der Waals surface area contributed by atoms with E-state index in [1.54, 1.807) is 0 Å². The predicted molar refractivity (Wildman–Crippen MR) is 132 cm³/mol. The van der Waals surface area contributed by atoms with Crippen molar-refractivity contribution in [2.24, 2.45) is 4.99 Å². The summed E-state index contributed by atoms with van der Waals surface area (Å²) in [5, 5.41) is 3.44. The monoisotopic (exact) mass is 533 g/mol. The minimum Gasteiger partial charge on any atom is -0.357 e. The van der Waals surface area contributed by atoms with Crippen molar-refractivity contribution in [3.05, 3.63) is 21.9 Å². The van der Waals surface area contributed by atoms with E-state index >= 15 is 0 Å². The number of hydrogen-bond acceptors (Lipinski definition) is 4. The molecule has 0 aliphatic carbocycles. The molecular formula is C21H36IN5OS. The highest BCUT2D eigenvalue weighted by atomic mass is 127. The first kappa shape index (κ1) is 24.4. The molecule has 29 heavy (non-hydrogen) atoms. The zero-order valence-corrected chi connectivity index (χ0v) is 21.2. The Morgan fingerprint density at radius 2 is 1.72 bits per heavy atom. The first-order valence-electron chi connectivity index (χ1n) is 10.8. The van der Waals surface area contributed by atoms with Crippen LogP contribution in [0, 0.1) is 0 Å². The number of carbonyl (C=O) groups excluding carboxylic acids is 1. The summed E-state index contributed by atoms with van der Waals surface area (Å²) in [5.74, 6) is 1.29. The van der Waals surface area contributed by atoms with Gasteiger partial charge in [0.05, 0.1) is 12.6 Å². The first-order chi connectivity index (χ1) is 13.6. The van der Waals surface area contributed by atoms with Crippen molar-refractivity contribution in [3.63, 3.8) is 0 Å². The molecule has 3 heterocycles. The van der Waals surface area contributed by atoms with E-state index in [4.69, 9.17) is 4.99 Å². The van der Waals surface area contributed by atoms with Crippen LogP contribution in [-0.2, 0) is 17.8 Å². The summed E-state index contributed by atoms with van der Waals surface area (Å²) in [6.45, 7) is 13.5. The molecule has 1 aromatic rings. The van der Waals surface area contributed by atoms with Crippen molar-refractivity contribution in [2.45, 2.75) is 52.6 Å². The standard InChI is InChI=1S/C21H35N5OS.HI/c1-4-18-8-9-19(28-18)16-23-21(22-5-2)26-14-12-24(13-15-26)17(3)20(27)25-10-6-7-11-25;/h8-9,17H,4-7,10-16H2,1-3H3,(H,22,23);1H. The van der Waals surface area contributed by atoms with Gasteiger partial charge in [-0.05, 0) is 45.2 Å². The van der Waals surface area contributed by atoms with Gasteiger partial charge in [-0.25, -0.2) is 4.99 Å². The molecule has 8 heteroatoms. The highest BCUT2D eigenvalue weighted by Gasteiger charge is 2.30. The molecule has 0 saturated carbocycles. The molecule has 1 N–H and O–H groups in total. The minimum absolute atomic E-state index is 0. The summed E-state index contributed by atoms with van der Waals surface area (Å²) in [7, 11) is 0. The van der Waals surface area contributed by atoms with Gasteiger partial charge in [-0.15, -0.1) is 35.3 Å². The van der Waals surface area contributed by atoms with Crippen molar-refractivity contribution < 1.29 is 4.79 Å². The third kappa shape index (κ3) is 6.55. The van der Waals surface area contributed by atoms with Crippen LogP contribution in [0.15, 0.2) is 17.1 Å². The third-order valence-corrected chi connectivity index (χ3v) is 6.94. The Morgan fingerprint density at radius 1 is 1.07 bits per heavy atom. The van der Waals surface area contributed by atoms with Crippen molar-refractivity contribution in [2.75, 3.05) is 45.8 Å². The van der Waals surface area contributed by atoms with Crippen molar-refractivity contribution in [1.29, 1.82) is 0 Å². The highest BCUT2D eigenvalue weighted by molar-refractivity contribution is 14.0. The topological polar surface area (TPSA) is 51.2 Å². The number of amides is 1. The molecule has 2 saturated heterocycles. The van der Waals surface area contributed by atoms with E-state index < -0.39 is 0 Å². The lowest BCUT2D eigenvalue weighted by Crippen LogP contribution is -2.57. The molecular weight excluding hydrogens is 497 g/mol. The number of hydrogen-bond donors (Lipinski definition) is 1. The van der Waals surface area contributed by atoms with Gasteiger partial charge in [0.15, 0.2) is 5.96 Å². The molecule has 0 spiro atoms. The summed E-state index contributed by atoms with van der Waals surface area (Å²) >= 11 is 1.86. The Balaban J connectivity index is 0.00000300. The van der Waals surface area contributed by atoms with Gasteiger partial charge < -0.3 is 15.1 Å². The number of piperazine rings is 1. The number of nitrogens with one attached hydrogen (secondary N) is 1. The number of guanidine groups is 1. The molecule has 6 nitrogen and oxygen atoms in total. The van der Waals surface area contributed by atoms with Crippen LogP contribution in [0.3, 0.4) is 0 Å². The number of rotatable bonds is 6. The van der Waals surface area contributed by atoms with Gasteiger partial charge in [0.2, 0.25) is 5.91 Å². The Morgan fingerprint density at radius 3 is 2.31 bits per heavy atom. The molecule has 0 radical (unpaired) electrons. The highest BCUT2D eigenvalue weighted by Crippen LogP contribution is 2.18. The van der Waals surface area contributed by atoms with Crippen LogP contribution >= 0.6 is 35.3 Å². The van der Waals surface area contributed by atoms with E-state index in [2.05, 4.69) is 48.0 Å². The zero-order chi connectivity index (χ0) is 19.9. The van der Waals surface area contributed by atoms with E-state index in [0.717, 1.165) is 77.6 Å². The van der Waals surface area contributed by atoms with Crippen molar-refractivity contribution in [1.82, 2.24) is 20.0 Å². The van der Waals surface area contributed by atoms with E-state index in [1.165, 1.54) is 9.75 Å². The van der Waals surface area contributed by atoms with E-state index in [-0.39, 0.29) is 30.0 Å². The van der Waals surface area contributed by atoms with Crippen molar-refractivity contribution >= 4 is 47.2 Å². The summed E-state index contributed by atoms with van der Waals surface area (Å²) in [5.41, 5.74) is 0.